The molecule has 0 aromatic carbocycles. The zero-order valence-corrected chi connectivity index (χ0v) is 21.8. The fourth-order valence-electron chi connectivity index (χ4n) is 3.43. The van der Waals surface area contributed by atoms with Gasteiger partial charge in [-0.2, -0.15) is 0 Å². The van der Waals surface area contributed by atoms with Gasteiger partial charge in [-0.25, -0.2) is 14.6 Å². The number of rotatable bonds is 7. The van der Waals surface area contributed by atoms with Crippen LogP contribution in [0.4, 0.5) is 22.0 Å². The van der Waals surface area contributed by atoms with Crippen molar-refractivity contribution in [2.45, 2.75) is 33.3 Å². The first-order valence-electron chi connectivity index (χ1n) is 11.4. The summed E-state index contributed by atoms with van der Waals surface area (Å²) >= 11 is 0. The second kappa shape index (κ2) is 10.6. The van der Waals surface area contributed by atoms with E-state index >= 15 is 0 Å². The van der Waals surface area contributed by atoms with Gasteiger partial charge in [-0.15, -0.1) is 0 Å². The van der Waals surface area contributed by atoms with E-state index in [2.05, 4.69) is 20.9 Å². The zero-order valence-electron chi connectivity index (χ0n) is 21.8. The standard InChI is InChI=1S/C24H31N7O6/c1-8-36-22(34)17-10-14(11-30(17)6)25-21(33)19-27-18(13-31(19)7)28-20(32)16-9-15(12-29(16)5)26-23(35)37-24(2,3)4/h9-13H,8H2,1-7H3,(H,25,33)(H,26,35)(H,28,32). The predicted molar refractivity (Wildman–Crippen MR) is 136 cm³/mol. The maximum Gasteiger partial charge on any atom is 0.412 e. The molecule has 0 spiro atoms. The minimum absolute atomic E-state index is 0.0380. The van der Waals surface area contributed by atoms with Crippen molar-refractivity contribution in [1.29, 1.82) is 0 Å². The Kier molecular flexibility index (Phi) is 7.75. The first-order chi connectivity index (χ1) is 17.3. The van der Waals surface area contributed by atoms with Gasteiger partial charge in [0.05, 0.1) is 18.0 Å². The number of aromatic nitrogens is 4. The van der Waals surface area contributed by atoms with E-state index in [0.717, 1.165) is 0 Å². The third-order valence-electron chi connectivity index (χ3n) is 4.95. The van der Waals surface area contributed by atoms with Crippen LogP contribution >= 0.6 is 0 Å². The first-order valence-corrected chi connectivity index (χ1v) is 11.4. The average molecular weight is 514 g/mol. The van der Waals surface area contributed by atoms with Crippen molar-refractivity contribution in [3.8, 4) is 0 Å². The van der Waals surface area contributed by atoms with E-state index in [1.807, 2.05) is 0 Å². The van der Waals surface area contributed by atoms with Crippen LogP contribution in [0.15, 0.2) is 30.7 Å². The maximum absolute atomic E-state index is 12.8. The van der Waals surface area contributed by atoms with E-state index in [-0.39, 0.29) is 29.6 Å². The van der Waals surface area contributed by atoms with Crippen LogP contribution in [0.3, 0.4) is 0 Å². The zero-order chi connectivity index (χ0) is 27.5. The van der Waals surface area contributed by atoms with Crippen LogP contribution in [-0.4, -0.2) is 54.8 Å². The van der Waals surface area contributed by atoms with Gasteiger partial charge >= 0.3 is 12.1 Å². The minimum Gasteiger partial charge on any atom is -0.461 e. The topological polar surface area (TPSA) is 151 Å². The number of anilines is 3. The van der Waals surface area contributed by atoms with Crippen LogP contribution in [0, 0.1) is 0 Å². The summed E-state index contributed by atoms with van der Waals surface area (Å²) in [4.78, 5) is 53.8. The molecule has 0 aliphatic carbocycles. The normalized spacial score (nSPS) is 11.1. The number of imidazole rings is 1. The lowest BCUT2D eigenvalue weighted by atomic mass is 10.2. The second-order valence-corrected chi connectivity index (χ2v) is 9.27. The monoisotopic (exact) mass is 513 g/mol. The number of aryl methyl sites for hydroxylation is 3. The Bertz CT molecular complexity index is 1340. The van der Waals surface area contributed by atoms with E-state index in [9.17, 15) is 19.2 Å². The highest BCUT2D eigenvalue weighted by molar-refractivity contribution is 6.05. The lowest BCUT2D eigenvalue weighted by Gasteiger charge is -2.19. The Labute approximate surface area is 213 Å². The molecule has 37 heavy (non-hydrogen) atoms. The average Bonchev–Trinajstić information content (AvgIpc) is 3.43. The Hall–Kier alpha value is -4.55. The third-order valence-corrected chi connectivity index (χ3v) is 4.95. The minimum atomic E-state index is -0.661. The molecule has 0 saturated carbocycles. The molecule has 0 atom stereocenters. The van der Waals surface area contributed by atoms with Crippen LogP contribution < -0.4 is 16.0 Å². The summed E-state index contributed by atoms with van der Waals surface area (Å²) in [6.45, 7) is 7.19. The van der Waals surface area contributed by atoms with Gasteiger partial charge in [-0.3, -0.25) is 14.9 Å². The number of carbonyl (C=O) groups excluding carboxylic acids is 4. The van der Waals surface area contributed by atoms with Gasteiger partial charge in [-0.05, 0) is 39.8 Å². The van der Waals surface area contributed by atoms with E-state index in [1.165, 1.54) is 27.5 Å². The van der Waals surface area contributed by atoms with Crippen molar-refractivity contribution in [2.75, 3.05) is 22.6 Å². The Morgan fingerprint density at radius 2 is 1.43 bits per heavy atom. The summed E-state index contributed by atoms with van der Waals surface area (Å²) in [5.41, 5.74) is 0.642. The van der Waals surface area contributed by atoms with E-state index < -0.39 is 29.5 Å². The van der Waals surface area contributed by atoms with Gasteiger partial charge in [0.2, 0.25) is 5.82 Å². The largest absolute Gasteiger partial charge is 0.461 e. The number of carbonyl (C=O) groups is 4. The molecule has 0 bridgehead atoms. The molecule has 3 N–H and O–H groups in total. The maximum atomic E-state index is 12.8. The second-order valence-electron chi connectivity index (χ2n) is 9.27. The summed E-state index contributed by atoms with van der Waals surface area (Å²) in [6, 6.07) is 2.99. The van der Waals surface area contributed by atoms with Crippen LogP contribution in [-0.2, 0) is 30.6 Å². The van der Waals surface area contributed by atoms with E-state index in [0.29, 0.717) is 11.4 Å². The highest BCUT2D eigenvalue weighted by Gasteiger charge is 2.21. The molecule has 3 heterocycles. The number of hydrogen-bond donors (Lipinski definition) is 3. The molecular formula is C24H31N7O6. The molecule has 0 aliphatic rings. The third kappa shape index (κ3) is 6.78. The first kappa shape index (κ1) is 27.0. The molecule has 3 rings (SSSR count). The highest BCUT2D eigenvalue weighted by Crippen LogP contribution is 2.18. The molecule has 0 saturated heterocycles. The van der Waals surface area contributed by atoms with E-state index in [1.54, 1.807) is 65.8 Å². The number of nitrogens with one attached hydrogen (secondary N) is 3. The smallest absolute Gasteiger partial charge is 0.412 e. The van der Waals surface area contributed by atoms with Crippen molar-refractivity contribution in [2.24, 2.45) is 21.1 Å². The van der Waals surface area contributed by atoms with E-state index in [4.69, 9.17) is 9.47 Å². The number of esters is 1. The van der Waals surface area contributed by atoms with Crippen LogP contribution in [0.2, 0.25) is 0 Å². The molecule has 0 unspecified atom stereocenters. The quantitative estimate of drug-likeness (QED) is 0.411. The number of nitrogens with zero attached hydrogens (tertiary/aromatic N) is 4. The van der Waals surface area contributed by atoms with Crippen molar-refractivity contribution in [3.63, 3.8) is 0 Å². The van der Waals surface area contributed by atoms with Crippen LogP contribution in [0.5, 0.6) is 0 Å². The number of amides is 3. The molecule has 0 aliphatic heterocycles. The molecule has 198 valence electrons. The summed E-state index contributed by atoms with van der Waals surface area (Å²) in [6.07, 6.45) is 4.00. The van der Waals surface area contributed by atoms with Crippen LogP contribution in [0.1, 0.15) is 59.3 Å². The van der Waals surface area contributed by atoms with Gasteiger partial charge in [0, 0.05) is 39.7 Å². The molecular weight excluding hydrogens is 482 g/mol. The molecule has 3 aromatic heterocycles. The van der Waals surface area contributed by atoms with Gasteiger partial charge in [0.15, 0.2) is 5.82 Å². The summed E-state index contributed by atoms with van der Waals surface area (Å²) in [7, 11) is 4.92. The highest BCUT2D eigenvalue weighted by atomic mass is 16.6. The van der Waals surface area contributed by atoms with Gasteiger partial charge in [0.1, 0.15) is 17.0 Å². The summed E-state index contributed by atoms with van der Waals surface area (Å²) in [5, 5.41) is 7.91. The molecule has 3 amide bonds. The summed E-state index contributed by atoms with van der Waals surface area (Å²) in [5.74, 6) is -1.34. The van der Waals surface area contributed by atoms with Crippen molar-refractivity contribution in [3.05, 3.63) is 47.9 Å². The molecule has 13 nitrogen and oxygen atoms in total. The van der Waals surface area contributed by atoms with Gasteiger partial charge in [-0.1, -0.05) is 0 Å². The summed E-state index contributed by atoms with van der Waals surface area (Å²) < 4.78 is 14.8. The lowest BCUT2D eigenvalue weighted by Crippen LogP contribution is -2.27. The molecule has 0 radical (unpaired) electrons. The SMILES string of the molecule is CCOC(=O)c1cc(NC(=O)c2nc(NC(=O)c3cc(NC(=O)OC(C)(C)C)cn3C)cn2C)cn1C. The number of ether oxygens (including phenoxy) is 2. The molecule has 3 aromatic rings. The fourth-order valence-corrected chi connectivity index (χ4v) is 3.43. The fraction of sp³-hybridized carbons (Fsp3) is 0.375. The lowest BCUT2D eigenvalue weighted by molar-refractivity contribution is 0.0514. The van der Waals surface area contributed by atoms with Crippen molar-refractivity contribution < 1.29 is 28.7 Å². The van der Waals surface area contributed by atoms with Crippen LogP contribution in [0.25, 0.3) is 0 Å². The van der Waals surface area contributed by atoms with Gasteiger partial charge in [0.25, 0.3) is 11.8 Å². The Morgan fingerprint density at radius 1 is 0.838 bits per heavy atom. The Morgan fingerprint density at radius 3 is 2.05 bits per heavy atom. The Balaban J connectivity index is 1.68. The molecule has 13 heteroatoms. The van der Waals surface area contributed by atoms with Crippen molar-refractivity contribution >= 4 is 41.1 Å². The molecule has 0 fully saturated rings. The van der Waals surface area contributed by atoms with Gasteiger partial charge < -0.3 is 33.8 Å². The van der Waals surface area contributed by atoms with Crippen molar-refractivity contribution in [1.82, 2.24) is 18.7 Å². The predicted octanol–water partition coefficient (Wildman–Crippen LogP) is 3.13. The number of hydrogen-bond acceptors (Lipinski definition) is 7.